The number of hydrogen-bond donors (Lipinski definition) is 1. The number of benzene rings is 2. The molecule has 1 unspecified atom stereocenters. The average Bonchev–Trinajstić information content (AvgIpc) is 3.66. The van der Waals surface area contributed by atoms with E-state index in [1.165, 1.54) is 22.5 Å². The third-order valence-electron chi connectivity index (χ3n) is 5.92. The van der Waals surface area contributed by atoms with E-state index in [2.05, 4.69) is 4.98 Å². The van der Waals surface area contributed by atoms with Gasteiger partial charge in [0.25, 0.3) is 5.91 Å². The van der Waals surface area contributed by atoms with Crippen LogP contribution < -0.4 is 14.4 Å². The zero-order valence-electron chi connectivity index (χ0n) is 18.4. The normalized spacial score (nSPS) is 16.9. The number of amides is 1. The lowest BCUT2D eigenvalue weighted by atomic mass is 9.99. The minimum Gasteiger partial charge on any atom is -0.503 e. The number of carbonyl (C=O) groups excluding carboxylic acids is 2. The summed E-state index contributed by atoms with van der Waals surface area (Å²) in [7, 11) is 0. The highest BCUT2D eigenvalue weighted by Gasteiger charge is 2.47. The summed E-state index contributed by atoms with van der Waals surface area (Å²) in [5, 5.41) is 11.6. The highest BCUT2D eigenvalue weighted by Crippen LogP contribution is 2.45. The molecule has 2 aliphatic heterocycles. The van der Waals surface area contributed by atoms with Crippen LogP contribution in [0.2, 0.25) is 0 Å². The van der Waals surface area contributed by atoms with Gasteiger partial charge in [0.15, 0.2) is 17.3 Å². The van der Waals surface area contributed by atoms with Crippen molar-refractivity contribution >= 4 is 28.7 Å². The fourth-order valence-electron chi connectivity index (χ4n) is 4.29. The Labute approximate surface area is 203 Å². The van der Waals surface area contributed by atoms with Gasteiger partial charge in [-0.05, 0) is 31.2 Å². The molecule has 0 saturated carbocycles. The van der Waals surface area contributed by atoms with Crippen LogP contribution in [0, 0.1) is 6.92 Å². The van der Waals surface area contributed by atoms with E-state index in [9.17, 15) is 14.7 Å². The summed E-state index contributed by atoms with van der Waals surface area (Å²) in [5.41, 5.74) is 1.77. The first-order chi connectivity index (χ1) is 17.0. The van der Waals surface area contributed by atoms with Crippen LogP contribution in [-0.4, -0.2) is 28.6 Å². The Morgan fingerprint density at radius 2 is 1.89 bits per heavy atom. The highest BCUT2D eigenvalue weighted by atomic mass is 32.1. The van der Waals surface area contributed by atoms with Crippen LogP contribution in [-0.2, 0) is 4.79 Å². The standard InChI is InChI=1S/C26H18N2O6S/c1-14-24(35-25(27-14)15-6-3-2-4-7-15)22(29)20-21(18-8-5-11-32-18)28(26(31)23(20)30)16-9-10-17-19(12-16)34-13-33-17/h2-12,21,30H,13H2,1H3. The molecule has 1 amide bonds. The summed E-state index contributed by atoms with van der Waals surface area (Å²) in [6.45, 7) is 1.82. The first kappa shape index (κ1) is 21.2. The Balaban J connectivity index is 1.44. The van der Waals surface area contributed by atoms with Gasteiger partial charge < -0.3 is 19.0 Å². The van der Waals surface area contributed by atoms with Crippen LogP contribution in [0.1, 0.15) is 27.2 Å². The van der Waals surface area contributed by atoms with Gasteiger partial charge in [0.2, 0.25) is 12.6 Å². The molecule has 0 radical (unpaired) electrons. The molecule has 4 heterocycles. The second-order valence-corrected chi connectivity index (χ2v) is 9.02. The summed E-state index contributed by atoms with van der Waals surface area (Å²) >= 11 is 1.22. The van der Waals surface area contributed by atoms with Crippen molar-refractivity contribution < 1.29 is 28.6 Å². The third kappa shape index (κ3) is 3.39. The second kappa shape index (κ2) is 8.14. The number of fused-ring (bicyclic) bond motifs is 1. The van der Waals surface area contributed by atoms with E-state index < -0.39 is 23.5 Å². The van der Waals surface area contributed by atoms with E-state index in [-0.39, 0.29) is 12.4 Å². The Hall–Kier alpha value is -4.37. The molecule has 6 rings (SSSR count). The van der Waals surface area contributed by atoms with E-state index in [0.29, 0.717) is 38.5 Å². The molecule has 0 spiro atoms. The summed E-state index contributed by atoms with van der Waals surface area (Å²) < 4.78 is 16.4. The number of aromatic nitrogens is 1. The number of furan rings is 1. The number of ketones is 1. The molecule has 2 aliphatic rings. The maximum Gasteiger partial charge on any atom is 0.294 e. The molecule has 174 valence electrons. The van der Waals surface area contributed by atoms with Gasteiger partial charge in [0.05, 0.1) is 22.4 Å². The first-order valence-corrected chi connectivity index (χ1v) is 11.6. The SMILES string of the molecule is Cc1nc(-c2ccccc2)sc1C(=O)C1=C(O)C(=O)N(c2ccc3c(c2)OCO3)C1c1ccco1. The van der Waals surface area contributed by atoms with Crippen LogP contribution >= 0.6 is 11.3 Å². The van der Waals surface area contributed by atoms with Crippen molar-refractivity contribution in [3.8, 4) is 22.1 Å². The summed E-state index contributed by atoms with van der Waals surface area (Å²) in [6, 6.07) is 16.9. The average molecular weight is 487 g/mol. The summed E-state index contributed by atoms with van der Waals surface area (Å²) in [5.74, 6) is -0.440. The van der Waals surface area contributed by atoms with Crippen LogP contribution in [0.3, 0.4) is 0 Å². The maximum atomic E-state index is 13.8. The first-order valence-electron chi connectivity index (χ1n) is 10.8. The number of anilines is 1. The predicted molar refractivity (Wildman–Crippen MR) is 128 cm³/mol. The van der Waals surface area contributed by atoms with Gasteiger partial charge >= 0.3 is 0 Å². The van der Waals surface area contributed by atoms with Gasteiger partial charge in [-0.25, -0.2) is 4.98 Å². The zero-order chi connectivity index (χ0) is 24.1. The van der Waals surface area contributed by atoms with Gasteiger partial charge in [-0.2, -0.15) is 0 Å². The Bertz CT molecular complexity index is 1490. The fraction of sp³-hybridized carbons (Fsp3) is 0.115. The number of hydrogen-bond acceptors (Lipinski definition) is 8. The lowest BCUT2D eigenvalue weighted by molar-refractivity contribution is -0.117. The number of nitrogens with zero attached hydrogens (tertiary/aromatic N) is 2. The number of carbonyl (C=O) groups is 2. The van der Waals surface area contributed by atoms with Crippen LogP contribution in [0.4, 0.5) is 5.69 Å². The minimum absolute atomic E-state index is 0.0611. The Kier molecular flexibility index (Phi) is 4.93. The lowest BCUT2D eigenvalue weighted by Gasteiger charge is -2.25. The van der Waals surface area contributed by atoms with E-state index in [1.807, 2.05) is 30.3 Å². The molecule has 8 nitrogen and oxygen atoms in total. The largest absolute Gasteiger partial charge is 0.503 e. The van der Waals surface area contributed by atoms with Crippen molar-refractivity contribution in [2.75, 3.05) is 11.7 Å². The lowest BCUT2D eigenvalue weighted by Crippen LogP contribution is -2.30. The van der Waals surface area contributed by atoms with Gasteiger partial charge in [0.1, 0.15) is 16.8 Å². The highest BCUT2D eigenvalue weighted by molar-refractivity contribution is 7.17. The number of rotatable bonds is 5. The summed E-state index contributed by atoms with van der Waals surface area (Å²) in [6.07, 6.45) is 1.46. The number of aliphatic hydroxyl groups is 1. The molecule has 0 aliphatic carbocycles. The van der Waals surface area contributed by atoms with Crippen molar-refractivity contribution in [3.63, 3.8) is 0 Å². The third-order valence-corrected chi connectivity index (χ3v) is 7.13. The van der Waals surface area contributed by atoms with E-state index in [4.69, 9.17) is 13.9 Å². The smallest absolute Gasteiger partial charge is 0.294 e. The zero-order valence-corrected chi connectivity index (χ0v) is 19.2. The van der Waals surface area contributed by atoms with Gasteiger partial charge in [0, 0.05) is 17.3 Å². The molecule has 0 saturated heterocycles. The molecule has 1 atom stereocenters. The maximum absolute atomic E-state index is 13.8. The molecule has 4 aromatic rings. The topological polar surface area (TPSA) is 102 Å². The fourth-order valence-corrected chi connectivity index (χ4v) is 5.31. The number of Topliss-reactive ketones (excluding diaryl/α,β-unsaturated/α-hetero) is 1. The number of aryl methyl sites for hydroxylation is 1. The van der Waals surface area contributed by atoms with Crippen LogP contribution in [0.25, 0.3) is 10.6 Å². The van der Waals surface area contributed by atoms with E-state index in [1.54, 1.807) is 37.3 Å². The second-order valence-electron chi connectivity index (χ2n) is 8.02. The monoisotopic (exact) mass is 486 g/mol. The van der Waals surface area contributed by atoms with Gasteiger partial charge in [-0.1, -0.05) is 30.3 Å². The quantitative estimate of drug-likeness (QED) is 0.386. The Morgan fingerprint density at radius 1 is 1.09 bits per heavy atom. The molecule has 1 N–H and O–H groups in total. The van der Waals surface area contributed by atoms with Crippen LogP contribution in [0.5, 0.6) is 11.5 Å². The number of aliphatic hydroxyl groups excluding tert-OH is 1. The molecule has 0 bridgehead atoms. The van der Waals surface area contributed by atoms with Crippen LogP contribution in [0.15, 0.2) is 82.7 Å². The van der Waals surface area contributed by atoms with E-state index in [0.717, 1.165) is 5.56 Å². The molecule has 2 aromatic carbocycles. The molecule has 9 heteroatoms. The summed E-state index contributed by atoms with van der Waals surface area (Å²) in [4.78, 5) is 33.4. The molecule has 2 aromatic heterocycles. The van der Waals surface area contributed by atoms with Gasteiger partial charge in [-0.15, -0.1) is 11.3 Å². The molecular weight excluding hydrogens is 468 g/mol. The molecular formula is C26H18N2O6S. The Morgan fingerprint density at radius 3 is 2.66 bits per heavy atom. The molecule has 35 heavy (non-hydrogen) atoms. The van der Waals surface area contributed by atoms with Crippen molar-refractivity contribution in [1.82, 2.24) is 4.98 Å². The number of ether oxygens (including phenoxy) is 2. The molecule has 0 fully saturated rings. The van der Waals surface area contributed by atoms with E-state index >= 15 is 0 Å². The minimum atomic E-state index is -0.966. The van der Waals surface area contributed by atoms with Crippen molar-refractivity contribution in [3.05, 3.63) is 94.6 Å². The predicted octanol–water partition coefficient (Wildman–Crippen LogP) is 5.22. The van der Waals surface area contributed by atoms with Crippen molar-refractivity contribution in [2.24, 2.45) is 0 Å². The number of thiazole rings is 1. The van der Waals surface area contributed by atoms with Crippen molar-refractivity contribution in [1.29, 1.82) is 0 Å². The van der Waals surface area contributed by atoms with Gasteiger partial charge in [-0.3, -0.25) is 14.5 Å². The van der Waals surface area contributed by atoms with Crippen molar-refractivity contribution in [2.45, 2.75) is 13.0 Å².